The van der Waals surface area contributed by atoms with E-state index >= 15 is 0 Å². The number of piperazine rings is 1. The molecule has 1 amide bonds. The molecule has 1 aromatic carbocycles. The summed E-state index contributed by atoms with van der Waals surface area (Å²) in [5.74, 6) is 1.37. The third kappa shape index (κ3) is 7.14. The molecule has 6 nitrogen and oxygen atoms in total. The van der Waals surface area contributed by atoms with Gasteiger partial charge in [0, 0.05) is 26.2 Å². The first-order chi connectivity index (χ1) is 14.6. The van der Waals surface area contributed by atoms with Gasteiger partial charge in [0.25, 0.3) is 0 Å². The Kier molecular flexibility index (Phi) is 7.49. The van der Waals surface area contributed by atoms with Gasteiger partial charge in [0.1, 0.15) is 11.6 Å². The molecule has 0 aliphatic carbocycles. The number of nitrogens with one attached hydrogen (secondary N) is 1. The van der Waals surface area contributed by atoms with Crippen molar-refractivity contribution < 1.29 is 13.6 Å². The second-order valence-electron chi connectivity index (χ2n) is 9.74. The van der Waals surface area contributed by atoms with E-state index in [1.165, 1.54) is 12.1 Å². The lowest BCUT2D eigenvalue weighted by Gasteiger charge is -2.34. The minimum atomic E-state index is -0.266. The average molecular weight is 431 g/mol. The zero-order valence-electron chi connectivity index (χ0n) is 19.4. The maximum absolute atomic E-state index is 13.3. The molecule has 1 fully saturated rings. The predicted molar refractivity (Wildman–Crippen MR) is 119 cm³/mol. The number of carbonyl (C=O) groups is 1. The molecule has 3 rings (SSSR count). The Labute approximate surface area is 184 Å². The smallest absolute Gasteiger partial charge is 0.234 e. The van der Waals surface area contributed by atoms with Crippen LogP contribution in [0.3, 0.4) is 0 Å². The molecule has 1 saturated heterocycles. The molecule has 170 valence electrons. The van der Waals surface area contributed by atoms with E-state index in [1.54, 1.807) is 12.1 Å². The minimum absolute atomic E-state index is 0.00553. The van der Waals surface area contributed by atoms with E-state index in [-0.39, 0.29) is 23.2 Å². The van der Waals surface area contributed by atoms with E-state index in [0.29, 0.717) is 13.1 Å². The van der Waals surface area contributed by atoms with Crippen LogP contribution in [0.15, 0.2) is 28.7 Å². The first-order valence-corrected chi connectivity index (χ1v) is 11.0. The quantitative estimate of drug-likeness (QED) is 0.723. The summed E-state index contributed by atoms with van der Waals surface area (Å²) in [6.45, 7) is 14.8. The number of halogens is 1. The Morgan fingerprint density at radius 3 is 2.29 bits per heavy atom. The Bertz CT molecular complexity index is 845. The van der Waals surface area contributed by atoms with E-state index in [0.717, 1.165) is 55.5 Å². The lowest BCUT2D eigenvalue weighted by Crippen LogP contribution is -2.49. The third-order valence-electron chi connectivity index (χ3n) is 5.69. The summed E-state index contributed by atoms with van der Waals surface area (Å²) in [6.07, 6.45) is 0.785. The van der Waals surface area contributed by atoms with Crippen LogP contribution in [0, 0.1) is 25.1 Å². The number of aromatic nitrogens is 1. The SMILES string of the molecule is Cc1nc(CN2CCN(CC(=O)NC(CC(C)(C)C)c3ccc(F)cc3)CC2)oc1C. The Balaban J connectivity index is 1.51. The van der Waals surface area contributed by atoms with Gasteiger partial charge in [-0.3, -0.25) is 14.6 Å². The summed E-state index contributed by atoms with van der Waals surface area (Å²) in [4.78, 5) is 21.7. The second-order valence-corrected chi connectivity index (χ2v) is 9.74. The molecule has 0 spiro atoms. The van der Waals surface area contributed by atoms with Gasteiger partial charge in [0.2, 0.25) is 11.8 Å². The third-order valence-corrected chi connectivity index (χ3v) is 5.69. The molecule has 1 atom stereocenters. The highest BCUT2D eigenvalue weighted by atomic mass is 19.1. The van der Waals surface area contributed by atoms with Gasteiger partial charge in [-0.15, -0.1) is 0 Å². The van der Waals surface area contributed by atoms with E-state index in [9.17, 15) is 9.18 Å². The number of nitrogens with zero attached hydrogens (tertiary/aromatic N) is 3. The normalized spacial score (nSPS) is 17.0. The van der Waals surface area contributed by atoms with Crippen LogP contribution < -0.4 is 5.32 Å². The van der Waals surface area contributed by atoms with Gasteiger partial charge in [0.05, 0.1) is 24.8 Å². The molecular weight excluding hydrogens is 395 g/mol. The lowest BCUT2D eigenvalue weighted by molar-refractivity contribution is -0.123. The van der Waals surface area contributed by atoms with Crippen LogP contribution in [0.1, 0.15) is 56.1 Å². The number of rotatable bonds is 7. The molecule has 1 unspecified atom stereocenters. The van der Waals surface area contributed by atoms with Gasteiger partial charge in [-0.2, -0.15) is 0 Å². The van der Waals surface area contributed by atoms with Gasteiger partial charge in [-0.05, 0) is 43.4 Å². The van der Waals surface area contributed by atoms with Gasteiger partial charge in [-0.1, -0.05) is 32.9 Å². The fraction of sp³-hybridized carbons (Fsp3) is 0.583. The van der Waals surface area contributed by atoms with Crippen LogP contribution in [0.4, 0.5) is 4.39 Å². The Hall–Kier alpha value is -2.25. The van der Waals surface area contributed by atoms with E-state index < -0.39 is 0 Å². The molecule has 0 radical (unpaired) electrons. The molecule has 1 aliphatic heterocycles. The highest BCUT2D eigenvalue weighted by molar-refractivity contribution is 5.78. The van der Waals surface area contributed by atoms with Crippen LogP contribution in [0.5, 0.6) is 0 Å². The van der Waals surface area contributed by atoms with Crippen molar-refractivity contribution in [2.75, 3.05) is 32.7 Å². The second kappa shape index (κ2) is 9.92. The molecular formula is C24H35FN4O2. The van der Waals surface area contributed by atoms with Crippen molar-refractivity contribution in [1.82, 2.24) is 20.1 Å². The molecule has 2 heterocycles. The van der Waals surface area contributed by atoms with Crippen LogP contribution in [-0.2, 0) is 11.3 Å². The van der Waals surface area contributed by atoms with E-state index in [1.807, 2.05) is 13.8 Å². The number of aryl methyl sites for hydroxylation is 2. The summed E-state index contributed by atoms with van der Waals surface area (Å²) in [5.41, 5.74) is 1.91. The minimum Gasteiger partial charge on any atom is -0.444 e. The molecule has 0 bridgehead atoms. The first-order valence-electron chi connectivity index (χ1n) is 11.0. The monoisotopic (exact) mass is 430 g/mol. The van der Waals surface area contributed by atoms with Crippen molar-refractivity contribution in [2.45, 2.75) is 53.6 Å². The topological polar surface area (TPSA) is 61.6 Å². The van der Waals surface area contributed by atoms with E-state index in [4.69, 9.17) is 4.42 Å². The number of oxazole rings is 1. The zero-order valence-corrected chi connectivity index (χ0v) is 19.4. The number of carbonyl (C=O) groups excluding carboxylic acids is 1. The van der Waals surface area contributed by atoms with Gasteiger partial charge in [0.15, 0.2) is 0 Å². The number of benzene rings is 1. The van der Waals surface area contributed by atoms with Gasteiger partial charge < -0.3 is 9.73 Å². The molecule has 0 saturated carbocycles. The van der Waals surface area contributed by atoms with Crippen LogP contribution >= 0.6 is 0 Å². The fourth-order valence-corrected chi connectivity index (χ4v) is 3.91. The van der Waals surface area contributed by atoms with Crippen molar-refractivity contribution in [3.8, 4) is 0 Å². The van der Waals surface area contributed by atoms with Crippen molar-refractivity contribution in [2.24, 2.45) is 5.41 Å². The van der Waals surface area contributed by atoms with Crippen LogP contribution in [0.2, 0.25) is 0 Å². The maximum Gasteiger partial charge on any atom is 0.234 e. The van der Waals surface area contributed by atoms with Gasteiger partial charge >= 0.3 is 0 Å². The van der Waals surface area contributed by atoms with Crippen LogP contribution in [-0.4, -0.2) is 53.4 Å². The first kappa shape index (κ1) is 23.4. The number of amides is 1. The largest absolute Gasteiger partial charge is 0.444 e. The number of hydrogen-bond donors (Lipinski definition) is 1. The molecule has 1 aromatic heterocycles. The summed E-state index contributed by atoms with van der Waals surface area (Å²) in [5, 5.41) is 3.17. The predicted octanol–water partition coefficient (Wildman–Crippen LogP) is 3.84. The van der Waals surface area contributed by atoms with Gasteiger partial charge in [-0.25, -0.2) is 9.37 Å². The Morgan fingerprint density at radius 2 is 1.74 bits per heavy atom. The summed E-state index contributed by atoms with van der Waals surface area (Å²) >= 11 is 0. The standard InChI is InChI=1S/C24H35FN4O2/c1-17-18(2)31-23(26-17)16-29-12-10-28(11-13-29)15-22(30)27-21(14-24(3,4)5)19-6-8-20(25)9-7-19/h6-9,21H,10-16H2,1-5H3,(H,27,30). The fourth-order valence-electron chi connectivity index (χ4n) is 3.91. The lowest BCUT2D eigenvalue weighted by atomic mass is 9.85. The van der Waals surface area contributed by atoms with Crippen molar-refractivity contribution in [3.05, 3.63) is 53.0 Å². The summed E-state index contributed by atoms with van der Waals surface area (Å²) in [6, 6.07) is 6.29. The zero-order chi connectivity index (χ0) is 22.6. The highest BCUT2D eigenvalue weighted by Crippen LogP contribution is 2.29. The number of hydrogen-bond acceptors (Lipinski definition) is 5. The van der Waals surface area contributed by atoms with E-state index in [2.05, 4.69) is 40.9 Å². The Morgan fingerprint density at radius 1 is 1.13 bits per heavy atom. The summed E-state index contributed by atoms with van der Waals surface area (Å²) < 4.78 is 19.0. The van der Waals surface area contributed by atoms with Crippen molar-refractivity contribution >= 4 is 5.91 Å². The van der Waals surface area contributed by atoms with Crippen molar-refractivity contribution in [3.63, 3.8) is 0 Å². The molecule has 1 N–H and O–H groups in total. The molecule has 2 aromatic rings. The molecule has 31 heavy (non-hydrogen) atoms. The summed E-state index contributed by atoms with van der Waals surface area (Å²) in [7, 11) is 0. The molecule has 7 heteroatoms. The molecule has 1 aliphatic rings. The average Bonchev–Trinajstić information content (AvgIpc) is 2.99. The van der Waals surface area contributed by atoms with Crippen LogP contribution in [0.25, 0.3) is 0 Å². The maximum atomic E-state index is 13.3. The van der Waals surface area contributed by atoms with Crippen molar-refractivity contribution in [1.29, 1.82) is 0 Å². The highest BCUT2D eigenvalue weighted by Gasteiger charge is 2.25.